The Hall–Kier alpha value is -3.85. The van der Waals surface area contributed by atoms with Crippen LogP contribution in [0.5, 0.6) is 0 Å². The van der Waals surface area contributed by atoms with Gasteiger partial charge in [-0.3, -0.25) is 19.1 Å². The van der Waals surface area contributed by atoms with Crippen molar-refractivity contribution in [2.24, 2.45) is 0 Å². The number of nitrogens with one attached hydrogen (secondary N) is 2. The Morgan fingerprint density at radius 3 is 2.49 bits per heavy atom. The van der Waals surface area contributed by atoms with E-state index in [0.29, 0.717) is 13.0 Å². The maximum Gasteiger partial charge on any atom is 0.330 e. The molecule has 0 radical (unpaired) electrons. The first-order valence-corrected chi connectivity index (χ1v) is 11.6. The number of anilines is 3. The van der Waals surface area contributed by atoms with Gasteiger partial charge < -0.3 is 20.7 Å². The van der Waals surface area contributed by atoms with Gasteiger partial charge in [-0.2, -0.15) is 0 Å². The summed E-state index contributed by atoms with van der Waals surface area (Å²) < 4.78 is 6.40. The van der Waals surface area contributed by atoms with Crippen molar-refractivity contribution in [2.75, 3.05) is 42.8 Å². The van der Waals surface area contributed by atoms with Gasteiger partial charge in [0.15, 0.2) is 5.69 Å². The lowest BCUT2D eigenvalue weighted by molar-refractivity contribution is -0.117. The molecular weight excluding hydrogens is 446 g/mol. The first-order chi connectivity index (χ1) is 16.8. The molecular formula is C26H33N5O4. The van der Waals surface area contributed by atoms with E-state index in [1.54, 1.807) is 7.11 Å². The van der Waals surface area contributed by atoms with E-state index in [1.165, 1.54) is 9.47 Å². The monoisotopic (exact) mass is 479 g/mol. The molecule has 9 heteroatoms. The van der Waals surface area contributed by atoms with Crippen LogP contribution in [-0.2, 0) is 16.1 Å². The third kappa shape index (κ3) is 6.39. The number of aromatic nitrogens is 2. The van der Waals surface area contributed by atoms with Crippen molar-refractivity contribution >= 4 is 23.1 Å². The molecule has 0 unspecified atom stereocenters. The Balaban J connectivity index is 1.94. The van der Waals surface area contributed by atoms with Crippen molar-refractivity contribution in [1.29, 1.82) is 0 Å². The molecule has 186 valence electrons. The molecule has 0 aliphatic heterocycles. The van der Waals surface area contributed by atoms with Crippen molar-refractivity contribution in [3.63, 3.8) is 0 Å². The lowest BCUT2D eigenvalue weighted by Crippen LogP contribution is -2.44. The minimum Gasteiger partial charge on any atom is -0.385 e. The number of benzene rings is 2. The fourth-order valence-corrected chi connectivity index (χ4v) is 3.92. The van der Waals surface area contributed by atoms with Crippen LogP contribution < -0.4 is 27.2 Å². The largest absolute Gasteiger partial charge is 0.385 e. The SMILES string of the molecule is COCCCN(C(=O)CNc1ccccc1C(C)C)c1c(N)n(Cc2ccccc2)c(=O)[nH]c1=O. The first kappa shape index (κ1) is 25.8. The molecule has 0 aliphatic carbocycles. The third-order valence-electron chi connectivity index (χ3n) is 5.71. The minimum atomic E-state index is -0.704. The molecule has 1 heterocycles. The number of aromatic amines is 1. The second-order valence-corrected chi connectivity index (χ2v) is 8.55. The highest BCUT2D eigenvalue weighted by Gasteiger charge is 2.24. The van der Waals surface area contributed by atoms with Crippen LogP contribution >= 0.6 is 0 Å². The van der Waals surface area contributed by atoms with Gasteiger partial charge in [0.1, 0.15) is 5.82 Å². The molecule has 2 aromatic carbocycles. The summed E-state index contributed by atoms with van der Waals surface area (Å²) in [5.41, 5.74) is 7.74. The van der Waals surface area contributed by atoms with E-state index < -0.39 is 11.2 Å². The second-order valence-electron chi connectivity index (χ2n) is 8.55. The van der Waals surface area contributed by atoms with Crippen molar-refractivity contribution in [3.05, 3.63) is 86.6 Å². The van der Waals surface area contributed by atoms with E-state index in [9.17, 15) is 14.4 Å². The van der Waals surface area contributed by atoms with E-state index >= 15 is 0 Å². The summed E-state index contributed by atoms with van der Waals surface area (Å²) in [5.74, 6) is -0.135. The van der Waals surface area contributed by atoms with Gasteiger partial charge in [0.25, 0.3) is 5.56 Å². The Labute approximate surface area is 204 Å². The van der Waals surface area contributed by atoms with Gasteiger partial charge in [-0.15, -0.1) is 0 Å². The van der Waals surface area contributed by atoms with Gasteiger partial charge in [-0.1, -0.05) is 62.4 Å². The smallest absolute Gasteiger partial charge is 0.330 e. The molecule has 0 saturated carbocycles. The average molecular weight is 480 g/mol. The minimum absolute atomic E-state index is 0.0411. The Bertz CT molecular complexity index is 1250. The lowest BCUT2D eigenvalue weighted by atomic mass is 10.0. The summed E-state index contributed by atoms with van der Waals surface area (Å²) in [6, 6.07) is 17.1. The summed E-state index contributed by atoms with van der Waals surface area (Å²) in [4.78, 5) is 42.5. The predicted molar refractivity (Wildman–Crippen MR) is 139 cm³/mol. The Morgan fingerprint density at radius 1 is 1.11 bits per heavy atom. The van der Waals surface area contributed by atoms with Crippen molar-refractivity contribution < 1.29 is 9.53 Å². The number of H-pyrrole nitrogens is 1. The van der Waals surface area contributed by atoms with Crippen molar-refractivity contribution in [3.8, 4) is 0 Å². The van der Waals surface area contributed by atoms with Crippen LogP contribution in [0.25, 0.3) is 0 Å². The molecule has 3 rings (SSSR count). The van der Waals surface area contributed by atoms with Crippen LogP contribution in [0.1, 0.15) is 37.3 Å². The zero-order valence-corrected chi connectivity index (χ0v) is 20.4. The number of nitrogen functional groups attached to an aromatic ring is 1. The molecule has 0 atom stereocenters. The normalized spacial score (nSPS) is 11.0. The lowest BCUT2D eigenvalue weighted by Gasteiger charge is -2.25. The standard InChI is InChI=1S/C26H33N5O4/c1-18(2)20-12-7-8-13-21(20)28-16-22(32)30(14-9-15-35-3)23-24(27)31(26(34)29-25(23)33)17-19-10-5-4-6-11-19/h4-8,10-13,18,28H,9,14-17,27H2,1-3H3,(H,29,33,34). The van der Waals surface area contributed by atoms with E-state index in [4.69, 9.17) is 10.5 Å². The molecule has 0 spiro atoms. The van der Waals surface area contributed by atoms with E-state index in [2.05, 4.69) is 24.1 Å². The van der Waals surface area contributed by atoms with Crippen molar-refractivity contribution in [2.45, 2.75) is 32.7 Å². The fourth-order valence-electron chi connectivity index (χ4n) is 3.92. The summed E-state index contributed by atoms with van der Waals surface area (Å²) in [6.45, 7) is 4.87. The summed E-state index contributed by atoms with van der Waals surface area (Å²) in [5, 5.41) is 3.20. The van der Waals surface area contributed by atoms with Crippen LogP contribution in [0.2, 0.25) is 0 Å². The molecule has 9 nitrogen and oxygen atoms in total. The maximum atomic E-state index is 13.4. The zero-order valence-electron chi connectivity index (χ0n) is 20.4. The molecule has 0 bridgehead atoms. The highest BCUT2D eigenvalue weighted by molar-refractivity contribution is 5.98. The summed E-state index contributed by atoms with van der Waals surface area (Å²) in [7, 11) is 1.57. The molecule has 3 aromatic rings. The van der Waals surface area contributed by atoms with Gasteiger partial charge in [0.2, 0.25) is 5.91 Å². The number of carbonyl (C=O) groups is 1. The van der Waals surface area contributed by atoms with E-state index in [-0.39, 0.29) is 43.0 Å². The van der Waals surface area contributed by atoms with Gasteiger partial charge in [-0.05, 0) is 29.5 Å². The number of hydrogen-bond acceptors (Lipinski definition) is 6. The molecule has 0 saturated heterocycles. The fraction of sp³-hybridized carbons (Fsp3) is 0.346. The number of nitrogens with zero attached hydrogens (tertiary/aromatic N) is 2. The van der Waals surface area contributed by atoms with Crippen LogP contribution in [0.3, 0.4) is 0 Å². The Morgan fingerprint density at radius 2 is 1.80 bits per heavy atom. The summed E-state index contributed by atoms with van der Waals surface area (Å²) in [6.07, 6.45) is 0.488. The van der Waals surface area contributed by atoms with Crippen LogP contribution in [0.4, 0.5) is 17.2 Å². The van der Waals surface area contributed by atoms with Crippen molar-refractivity contribution in [1.82, 2.24) is 9.55 Å². The first-order valence-electron chi connectivity index (χ1n) is 11.6. The van der Waals surface area contributed by atoms with Gasteiger partial charge in [0.05, 0.1) is 13.1 Å². The average Bonchev–Trinajstić information content (AvgIpc) is 2.85. The topological polar surface area (TPSA) is 122 Å². The maximum absolute atomic E-state index is 13.4. The number of rotatable bonds is 11. The quantitative estimate of drug-likeness (QED) is 0.364. The molecule has 35 heavy (non-hydrogen) atoms. The molecule has 0 fully saturated rings. The number of para-hydroxylation sites is 1. The van der Waals surface area contributed by atoms with E-state index in [1.807, 2.05) is 54.6 Å². The molecule has 0 aliphatic rings. The van der Waals surface area contributed by atoms with Gasteiger partial charge in [-0.25, -0.2) is 4.79 Å². The number of amides is 1. The highest BCUT2D eigenvalue weighted by Crippen LogP contribution is 2.24. The van der Waals surface area contributed by atoms with Crippen LogP contribution in [0.15, 0.2) is 64.2 Å². The number of nitrogens with two attached hydrogens (primary N) is 1. The summed E-state index contributed by atoms with van der Waals surface area (Å²) >= 11 is 0. The third-order valence-corrected chi connectivity index (χ3v) is 5.71. The number of hydrogen-bond donors (Lipinski definition) is 3. The Kier molecular flexibility index (Phi) is 8.86. The highest BCUT2D eigenvalue weighted by atomic mass is 16.5. The van der Waals surface area contributed by atoms with Crippen LogP contribution in [-0.4, -0.2) is 42.3 Å². The van der Waals surface area contributed by atoms with Gasteiger partial charge in [0, 0.05) is 25.9 Å². The van der Waals surface area contributed by atoms with E-state index in [0.717, 1.165) is 16.8 Å². The number of ether oxygens (including phenoxy) is 1. The molecule has 1 aromatic heterocycles. The zero-order chi connectivity index (χ0) is 25.4. The van der Waals surface area contributed by atoms with Gasteiger partial charge >= 0.3 is 5.69 Å². The van der Waals surface area contributed by atoms with Crippen LogP contribution in [0, 0.1) is 0 Å². The number of methoxy groups -OCH3 is 1. The molecule has 4 N–H and O–H groups in total. The second kappa shape index (κ2) is 12.0. The number of carbonyl (C=O) groups excluding carboxylic acids is 1. The molecule has 1 amide bonds. The predicted octanol–water partition coefficient (Wildman–Crippen LogP) is 2.77.